The van der Waals surface area contributed by atoms with Crippen LogP contribution in [-0.4, -0.2) is 19.3 Å². The Morgan fingerprint density at radius 3 is 2.57 bits per heavy atom. The lowest BCUT2D eigenvalue weighted by molar-refractivity contribution is 0.102. The zero-order valence-electron chi connectivity index (χ0n) is 10.9. The number of anilines is 1. The van der Waals surface area contributed by atoms with E-state index in [1.54, 1.807) is 6.92 Å². The highest BCUT2D eigenvalue weighted by atomic mass is 32.3. The summed E-state index contributed by atoms with van der Waals surface area (Å²) < 4.78 is 35.1. The van der Waals surface area contributed by atoms with Gasteiger partial charge >= 0.3 is 10.2 Å². The molecule has 0 unspecified atom stereocenters. The first-order chi connectivity index (χ1) is 9.79. The van der Waals surface area contributed by atoms with Gasteiger partial charge in [-0.2, -0.15) is 8.42 Å². The molecule has 21 heavy (non-hydrogen) atoms. The van der Waals surface area contributed by atoms with Crippen molar-refractivity contribution in [2.24, 2.45) is 0 Å². The van der Waals surface area contributed by atoms with Gasteiger partial charge in [0.2, 0.25) is 0 Å². The number of aryl methyl sites for hydroxylation is 1. The highest BCUT2D eigenvalue weighted by Gasteiger charge is 2.19. The zero-order valence-corrected chi connectivity index (χ0v) is 11.7. The molecular weight excluding hydrogens is 299 g/mol. The van der Waals surface area contributed by atoms with Crippen LogP contribution >= 0.6 is 0 Å². The molecule has 1 amide bonds. The van der Waals surface area contributed by atoms with Crippen LogP contribution in [0.2, 0.25) is 0 Å². The average molecular weight is 310 g/mol. The molecule has 1 aromatic heterocycles. The second-order valence-electron chi connectivity index (χ2n) is 4.28. The third kappa shape index (κ3) is 3.34. The van der Waals surface area contributed by atoms with E-state index >= 15 is 0 Å². The summed E-state index contributed by atoms with van der Waals surface area (Å²) in [6, 6.07) is 6.23. The van der Waals surface area contributed by atoms with Crippen molar-refractivity contribution in [1.82, 2.24) is 4.98 Å². The molecule has 0 bridgehead atoms. The van der Waals surface area contributed by atoms with Crippen LogP contribution in [0.1, 0.15) is 16.1 Å². The van der Waals surface area contributed by atoms with Crippen LogP contribution in [0.5, 0.6) is 0 Å². The monoisotopic (exact) mass is 310 g/mol. The fraction of sp³-hybridized carbons (Fsp3) is 0.0769. The Labute approximate surface area is 119 Å². The largest absolute Gasteiger partial charge is 0.364 e. The van der Waals surface area contributed by atoms with Crippen molar-refractivity contribution in [3.05, 3.63) is 58.0 Å². The number of para-hydroxylation sites is 1. The van der Waals surface area contributed by atoms with Crippen LogP contribution in [0.4, 0.5) is 9.57 Å². The number of aromatic amines is 1. The smallest absolute Gasteiger partial charge is 0.334 e. The molecule has 2 rings (SSSR count). The van der Waals surface area contributed by atoms with E-state index in [-0.39, 0.29) is 11.3 Å². The number of carbonyl (C=O) groups is 1. The summed E-state index contributed by atoms with van der Waals surface area (Å²) in [5, 5.41) is 2.22. The number of carbonyl (C=O) groups excluding carboxylic acids is 1. The normalized spacial score (nSPS) is 11.1. The lowest BCUT2D eigenvalue weighted by Crippen LogP contribution is -2.22. The molecule has 0 aliphatic rings. The number of aromatic nitrogens is 1. The maximum Gasteiger partial charge on any atom is 0.334 e. The van der Waals surface area contributed by atoms with Gasteiger partial charge in [0.25, 0.3) is 5.91 Å². The Hall–Kier alpha value is -2.48. The van der Waals surface area contributed by atoms with Gasteiger partial charge in [-0.1, -0.05) is 12.1 Å². The molecule has 8 heteroatoms. The van der Waals surface area contributed by atoms with E-state index in [0.29, 0.717) is 5.69 Å². The Kier molecular flexibility index (Phi) is 3.90. The summed E-state index contributed by atoms with van der Waals surface area (Å²) in [5.74, 6) is -0.827. The zero-order chi connectivity index (χ0) is 15.6. The van der Waals surface area contributed by atoms with E-state index in [1.165, 1.54) is 30.5 Å². The van der Waals surface area contributed by atoms with Gasteiger partial charge in [-0.25, -0.2) is 0 Å². The maximum atomic E-state index is 13.1. The standard InChI is InChI=1S/C13H11FN2O4S/c1-8-6-11(17)9(7-15-8)13(18)16-10-4-2-3-5-12(10)21(14,19)20/h2-7H,1H3,(H,15,17)(H,16,18). The second kappa shape index (κ2) is 5.49. The molecule has 1 heterocycles. The van der Waals surface area contributed by atoms with E-state index in [2.05, 4.69) is 10.3 Å². The number of hydrogen-bond acceptors (Lipinski definition) is 4. The van der Waals surface area contributed by atoms with Crippen molar-refractivity contribution >= 4 is 21.8 Å². The minimum Gasteiger partial charge on any atom is -0.364 e. The summed E-state index contributed by atoms with van der Waals surface area (Å²) in [5.41, 5.74) is -0.385. The van der Waals surface area contributed by atoms with Gasteiger partial charge in [-0.15, -0.1) is 3.89 Å². The van der Waals surface area contributed by atoms with Gasteiger partial charge in [0.1, 0.15) is 10.5 Å². The first kappa shape index (κ1) is 14.9. The molecule has 0 saturated heterocycles. The number of hydrogen-bond donors (Lipinski definition) is 2. The Balaban J connectivity index is 2.39. The van der Waals surface area contributed by atoms with Gasteiger partial charge in [-0.05, 0) is 19.1 Å². The molecule has 2 N–H and O–H groups in total. The molecule has 0 aliphatic carbocycles. The molecule has 0 fully saturated rings. The molecule has 1 aromatic carbocycles. The third-order valence-electron chi connectivity index (χ3n) is 2.70. The summed E-state index contributed by atoms with van der Waals surface area (Å²) in [6.07, 6.45) is 1.21. The highest BCUT2D eigenvalue weighted by molar-refractivity contribution is 7.86. The molecule has 0 radical (unpaired) electrons. The van der Waals surface area contributed by atoms with Gasteiger partial charge in [0, 0.05) is 18.0 Å². The number of amides is 1. The predicted molar refractivity (Wildman–Crippen MR) is 74.5 cm³/mol. The van der Waals surface area contributed by atoms with Crippen LogP contribution in [0.3, 0.4) is 0 Å². The van der Waals surface area contributed by atoms with Crippen molar-refractivity contribution in [2.75, 3.05) is 5.32 Å². The second-order valence-corrected chi connectivity index (χ2v) is 5.60. The molecule has 0 atom stereocenters. The Morgan fingerprint density at radius 1 is 1.29 bits per heavy atom. The van der Waals surface area contributed by atoms with Crippen molar-refractivity contribution in [3.63, 3.8) is 0 Å². The summed E-state index contributed by atoms with van der Waals surface area (Å²) in [7, 11) is -4.98. The van der Waals surface area contributed by atoms with Crippen LogP contribution in [0, 0.1) is 6.92 Å². The summed E-state index contributed by atoms with van der Waals surface area (Å²) >= 11 is 0. The van der Waals surface area contributed by atoms with E-state index in [1.807, 2.05) is 0 Å². The average Bonchev–Trinajstić information content (AvgIpc) is 2.37. The molecule has 2 aromatic rings. The SMILES string of the molecule is Cc1cc(=O)c(C(=O)Nc2ccccc2S(=O)(=O)F)c[nH]1. The lowest BCUT2D eigenvalue weighted by atomic mass is 10.2. The van der Waals surface area contributed by atoms with Crippen molar-refractivity contribution in [1.29, 1.82) is 0 Å². The van der Waals surface area contributed by atoms with E-state index in [9.17, 15) is 21.9 Å². The van der Waals surface area contributed by atoms with Gasteiger partial charge in [0.15, 0.2) is 5.43 Å². The number of halogens is 1. The molecule has 0 aliphatic heterocycles. The van der Waals surface area contributed by atoms with Crippen molar-refractivity contribution in [2.45, 2.75) is 11.8 Å². The number of H-pyrrole nitrogens is 1. The predicted octanol–water partition coefficient (Wildman–Crippen LogP) is 1.59. The quantitative estimate of drug-likeness (QED) is 0.841. The van der Waals surface area contributed by atoms with Gasteiger partial charge in [0.05, 0.1) is 5.69 Å². The van der Waals surface area contributed by atoms with Crippen LogP contribution in [0.15, 0.2) is 46.2 Å². The van der Waals surface area contributed by atoms with Crippen molar-refractivity contribution < 1.29 is 17.1 Å². The Morgan fingerprint density at radius 2 is 1.95 bits per heavy atom. The number of rotatable bonds is 3. The lowest BCUT2D eigenvalue weighted by Gasteiger charge is -2.08. The molecule has 0 spiro atoms. The number of benzene rings is 1. The Bertz CT molecular complexity index is 858. The summed E-state index contributed by atoms with van der Waals surface area (Å²) in [6.45, 7) is 1.65. The molecular formula is C13H11FN2O4S. The fourth-order valence-electron chi connectivity index (χ4n) is 1.72. The van der Waals surface area contributed by atoms with Gasteiger partial charge < -0.3 is 10.3 Å². The first-order valence-corrected chi connectivity index (χ1v) is 7.22. The van der Waals surface area contributed by atoms with Crippen LogP contribution in [-0.2, 0) is 10.2 Å². The fourth-order valence-corrected chi connectivity index (χ4v) is 2.35. The van der Waals surface area contributed by atoms with Gasteiger partial charge in [-0.3, -0.25) is 9.59 Å². The number of nitrogens with one attached hydrogen (secondary N) is 2. The highest BCUT2D eigenvalue weighted by Crippen LogP contribution is 2.22. The third-order valence-corrected chi connectivity index (χ3v) is 3.58. The minimum absolute atomic E-state index is 0.202. The van der Waals surface area contributed by atoms with E-state index in [4.69, 9.17) is 0 Å². The van der Waals surface area contributed by atoms with Crippen LogP contribution in [0.25, 0.3) is 0 Å². The van der Waals surface area contributed by atoms with Crippen LogP contribution < -0.4 is 10.7 Å². The van der Waals surface area contributed by atoms with E-state index < -0.39 is 26.5 Å². The minimum atomic E-state index is -4.98. The molecule has 0 saturated carbocycles. The summed E-state index contributed by atoms with van der Waals surface area (Å²) in [4.78, 5) is 25.7. The number of pyridine rings is 1. The topological polar surface area (TPSA) is 96.1 Å². The first-order valence-electron chi connectivity index (χ1n) is 5.83. The molecule has 6 nitrogen and oxygen atoms in total. The van der Waals surface area contributed by atoms with Crippen molar-refractivity contribution in [3.8, 4) is 0 Å². The van der Waals surface area contributed by atoms with E-state index in [0.717, 1.165) is 6.07 Å². The maximum absolute atomic E-state index is 13.1. The molecule has 110 valence electrons.